The summed E-state index contributed by atoms with van der Waals surface area (Å²) in [5, 5.41) is 15.9. The van der Waals surface area contributed by atoms with Crippen molar-refractivity contribution in [3.8, 4) is 0 Å². The Balaban J connectivity index is 1.87. The molecule has 1 aromatic heterocycles. The molecule has 0 atom stereocenters. The van der Waals surface area contributed by atoms with Crippen LogP contribution in [0.5, 0.6) is 0 Å². The van der Waals surface area contributed by atoms with E-state index in [0.717, 1.165) is 0 Å². The molecule has 33 heavy (non-hydrogen) atoms. The smallest absolute Gasteiger partial charge is 0.283 e. The molecule has 4 rings (SSSR count). The number of hydrogen-bond donors (Lipinski definition) is 1. The molecule has 10 heteroatoms. The molecular formula is C23H20N4O5S. The highest BCUT2D eigenvalue weighted by molar-refractivity contribution is 7.90. The lowest BCUT2D eigenvalue weighted by atomic mass is 9.91. The molecule has 3 aromatic rings. The lowest BCUT2D eigenvalue weighted by Gasteiger charge is -2.24. The van der Waals surface area contributed by atoms with Crippen molar-refractivity contribution < 1.29 is 27.7 Å². The first-order valence-electron chi connectivity index (χ1n) is 10.1. The van der Waals surface area contributed by atoms with E-state index in [1.807, 2.05) is 6.92 Å². The fourth-order valence-corrected chi connectivity index (χ4v) is 4.47. The minimum absolute atomic E-state index is 0.0942. The molecule has 0 radical (unpaired) electrons. The molecule has 0 fully saturated rings. The Morgan fingerprint density at radius 2 is 1.79 bits per heavy atom. The summed E-state index contributed by atoms with van der Waals surface area (Å²) in [7, 11) is -4.34. The maximum absolute atomic E-state index is 13.3. The molecule has 1 heterocycles. The van der Waals surface area contributed by atoms with Gasteiger partial charge in [-0.15, -0.1) is 0 Å². The molecule has 0 bridgehead atoms. The number of nitrogens with one attached hydrogen (secondary N) is 1. The Morgan fingerprint density at radius 1 is 1.12 bits per heavy atom. The number of hydrogen-bond acceptors (Lipinski definition) is 5. The Hall–Kier alpha value is -4.05. The van der Waals surface area contributed by atoms with Crippen LogP contribution in [-0.4, -0.2) is 30.4 Å². The van der Waals surface area contributed by atoms with E-state index in [-0.39, 0.29) is 27.6 Å². The van der Waals surface area contributed by atoms with Gasteiger partial charge in [0.2, 0.25) is 18.0 Å². The third-order valence-electron chi connectivity index (χ3n) is 5.07. The van der Waals surface area contributed by atoms with Gasteiger partial charge in [0.05, 0.1) is 11.4 Å². The second-order valence-electron chi connectivity index (χ2n) is 7.32. The van der Waals surface area contributed by atoms with E-state index in [1.54, 1.807) is 35.4 Å². The number of anilines is 1. The lowest BCUT2D eigenvalue weighted by Crippen LogP contribution is -2.32. The fourth-order valence-electron chi connectivity index (χ4n) is 3.47. The predicted octanol–water partition coefficient (Wildman–Crippen LogP) is 1.47. The number of imidazole rings is 1. The fraction of sp³-hybridized carbons (Fsp3) is 0.130. The van der Waals surface area contributed by atoms with Crippen LogP contribution in [0.4, 0.5) is 5.69 Å². The third kappa shape index (κ3) is 4.20. The number of carbonyl (C=O) groups excluding carboxylic acids is 2. The quantitative estimate of drug-likeness (QED) is 0.573. The SMILES string of the molecule is CC[n+]1ccn(C2=C([O-])c3ccccc3C(=O)/C2=N/S(=O)(=O)c2ccc(NC(C)=O)cc2)c1. The first-order chi connectivity index (χ1) is 15.7. The maximum Gasteiger partial charge on any atom is 0.283 e. The maximum atomic E-state index is 13.3. The Morgan fingerprint density at radius 3 is 2.39 bits per heavy atom. The Bertz CT molecular complexity index is 1430. The minimum Gasteiger partial charge on any atom is -0.869 e. The van der Waals surface area contributed by atoms with E-state index in [9.17, 15) is 23.1 Å². The number of amides is 1. The van der Waals surface area contributed by atoms with Gasteiger partial charge in [-0.25, -0.2) is 9.13 Å². The van der Waals surface area contributed by atoms with E-state index in [2.05, 4.69) is 9.71 Å². The van der Waals surface area contributed by atoms with Crippen molar-refractivity contribution in [1.29, 1.82) is 0 Å². The number of Topliss-reactive ketones (excluding diaryl/α,β-unsaturated/α-hetero) is 1. The number of fused-ring (bicyclic) bond motifs is 1. The van der Waals surface area contributed by atoms with Gasteiger partial charge in [-0.2, -0.15) is 12.8 Å². The summed E-state index contributed by atoms with van der Waals surface area (Å²) in [6.07, 6.45) is 4.87. The second kappa shape index (κ2) is 8.47. The van der Waals surface area contributed by atoms with Crippen LogP contribution in [0.1, 0.15) is 29.8 Å². The standard InChI is InChI=1S/C23H20N4O5S/c1-3-26-12-13-27(14-26)21-20(22(29)18-6-4-5-7-19(18)23(21)30)25-33(31,32)17-10-8-16(9-11-17)24-15(2)28/h4-14H,3H2,1-2H3,(H-,24,25,28,30). The van der Waals surface area contributed by atoms with E-state index < -0.39 is 27.3 Å². The lowest BCUT2D eigenvalue weighted by molar-refractivity contribution is -0.692. The van der Waals surface area contributed by atoms with E-state index in [0.29, 0.717) is 12.2 Å². The van der Waals surface area contributed by atoms with Gasteiger partial charge in [-0.1, -0.05) is 24.3 Å². The number of carbonyl (C=O) groups is 2. The number of sulfonamides is 1. The van der Waals surface area contributed by atoms with Crippen LogP contribution in [0.3, 0.4) is 0 Å². The molecule has 0 aliphatic heterocycles. The highest BCUT2D eigenvalue weighted by Crippen LogP contribution is 2.30. The van der Waals surface area contributed by atoms with Gasteiger partial charge in [0.25, 0.3) is 10.0 Å². The summed E-state index contributed by atoms with van der Waals surface area (Å²) >= 11 is 0. The minimum atomic E-state index is -4.34. The predicted molar refractivity (Wildman–Crippen MR) is 120 cm³/mol. The largest absolute Gasteiger partial charge is 0.869 e. The monoisotopic (exact) mass is 464 g/mol. The molecule has 1 amide bonds. The molecule has 1 aliphatic rings. The average Bonchev–Trinajstić information content (AvgIpc) is 3.26. The Labute approximate surface area is 190 Å². The van der Waals surface area contributed by atoms with Gasteiger partial charge < -0.3 is 10.4 Å². The molecule has 9 nitrogen and oxygen atoms in total. The van der Waals surface area contributed by atoms with Gasteiger partial charge in [-0.3, -0.25) is 9.59 Å². The molecular weight excluding hydrogens is 444 g/mol. The van der Waals surface area contributed by atoms with Gasteiger partial charge >= 0.3 is 0 Å². The summed E-state index contributed by atoms with van der Waals surface area (Å²) in [4.78, 5) is 24.3. The van der Waals surface area contributed by atoms with Gasteiger partial charge in [0, 0.05) is 18.2 Å². The van der Waals surface area contributed by atoms with Gasteiger partial charge in [-0.05, 0) is 42.5 Å². The number of ketones is 1. The summed E-state index contributed by atoms with van der Waals surface area (Å²) < 4.78 is 33.1. The van der Waals surface area contributed by atoms with Crippen molar-refractivity contribution in [2.24, 2.45) is 4.40 Å². The van der Waals surface area contributed by atoms with Crippen molar-refractivity contribution >= 4 is 44.6 Å². The number of aryl methyl sites for hydroxylation is 1. The first kappa shape index (κ1) is 22.2. The number of allylic oxidation sites excluding steroid dienone is 1. The highest BCUT2D eigenvalue weighted by atomic mass is 32.2. The summed E-state index contributed by atoms with van der Waals surface area (Å²) in [5.41, 5.74) is 0.102. The summed E-state index contributed by atoms with van der Waals surface area (Å²) in [6, 6.07) is 11.6. The van der Waals surface area contributed by atoms with Crippen molar-refractivity contribution in [2.45, 2.75) is 25.3 Å². The second-order valence-corrected chi connectivity index (χ2v) is 8.93. The molecule has 2 aromatic carbocycles. The van der Waals surface area contributed by atoms with Crippen LogP contribution in [0.15, 0.2) is 76.5 Å². The molecule has 0 unspecified atom stereocenters. The molecule has 0 spiro atoms. The van der Waals surface area contributed by atoms with E-state index in [4.69, 9.17) is 0 Å². The van der Waals surface area contributed by atoms with Crippen LogP contribution in [0, 0.1) is 0 Å². The number of nitrogens with zero attached hydrogens (tertiary/aromatic N) is 3. The van der Waals surface area contributed by atoms with Crippen LogP contribution in [0.25, 0.3) is 11.5 Å². The van der Waals surface area contributed by atoms with E-state index in [1.165, 1.54) is 47.9 Å². The Kier molecular flexibility index (Phi) is 5.69. The highest BCUT2D eigenvalue weighted by Gasteiger charge is 2.33. The number of aromatic nitrogens is 2. The normalized spacial score (nSPS) is 15.0. The zero-order valence-corrected chi connectivity index (χ0v) is 18.7. The third-order valence-corrected chi connectivity index (χ3v) is 6.36. The van der Waals surface area contributed by atoms with Crippen LogP contribution >= 0.6 is 0 Å². The van der Waals surface area contributed by atoms with Crippen LogP contribution < -0.4 is 15.0 Å². The van der Waals surface area contributed by atoms with Crippen LogP contribution in [-0.2, 0) is 21.4 Å². The van der Waals surface area contributed by atoms with Crippen molar-refractivity contribution in [3.63, 3.8) is 0 Å². The summed E-state index contributed by atoms with van der Waals surface area (Å²) in [5.74, 6) is -1.46. The number of rotatable bonds is 5. The zero-order valence-electron chi connectivity index (χ0n) is 17.8. The molecule has 0 saturated carbocycles. The van der Waals surface area contributed by atoms with Crippen molar-refractivity contribution in [1.82, 2.24) is 4.57 Å². The first-order valence-corrected chi connectivity index (χ1v) is 11.5. The molecule has 168 valence electrons. The molecule has 1 N–H and O–H groups in total. The van der Waals surface area contributed by atoms with E-state index >= 15 is 0 Å². The van der Waals surface area contributed by atoms with Crippen molar-refractivity contribution in [3.05, 3.63) is 78.4 Å². The topological polar surface area (TPSA) is 125 Å². The van der Waals surface area contributed by atoms with Crippen LogP contribution in [0.2, 0.25) is 0 Å². The van der Waals surface area contributed by atoms with Gasteiger partial charge in [0.15, 0.2) is 11.4 Å². The van der Waals surface area contributed by atoms with Crippen molar-refractivity contribution in [2.75, 3.05) is 5.32 Å². The molecule has 1 aliphatic carbocycles. The van der Waals surface area contributed by atoms with Gasteiger partial charge in [0.1, 0.15) is 12.4 Å². The average molecular weight is 465 g/mol. The number of benzene rings is 2. The molecule has 0 saturated heterocycles. The zero-order chi connectivity index (χ0) is 23.8. The summed E-state index contributed by atoms with van der Waals surface area (Å²) in [6.45, 7) is 3.85.